The summed E-state index contributed by atoms with van der Waals surface area (Å²) in [5.74, 6) is -6.24. The zero-order valence-corrected chi connectivity index (χ0v) is 34.2. The Morgan fingerprint density at radius 3 is 1.43 bits per heavy atom. The molecule has 20 nitrogen and oxygen atoms in total. The van der Waals surface area contributed by atoms with Gasteiger partial charge in [-0.05, 0) is 62.2 Å². The lowest BCUT2D eigenvalue weighted by atomic mass is 9.99. The molecule has 0 rings (SSSR count). The number of nitrogens with zero attached hydrogens (tertiary/aromatic N) is 1. The number of hydrogen-bond donors (Lipinski definition) is 11. The first-order valence-corrected chi connectivity index (χ1v) is 19.1. The Morgan fingerprint density at radius 2 is 1.00 bits per heavy atom. The molecule has 0 heterocycles. The maximum Gasteiger partial charge on any atom is 0.243 e. The predicted octanol–water partition coefficient (Wildman–Crippen LogP) is -2.55. The third kappa shape index (κ3) is 21.8. The van der Waals surface area contributed by atoms with Gasteiger partial charge in [0.2, 0.25) is 47.3 Å². The van der Waals surface area contributed by atoms with E-state index < -0.39 is 90.1 Å². The lowest BCUT2D eigenvalue weighted by Crippen LogP contribution is -2.58. The van der Waals surface area contributed by atoms with E-state index in [1.54, 1.807) is 13.8 Å². The third-order valence-corrected chi connectivity index (χ3v) is 8.35. The second-order valence-electron chi connectivity index (χ2n) is 15.6. The molecule has 0 saturated carbocycles. The topological polar surface area (TPSA) is 351 Å². The second-order valence-corrected chi connectivity index (χ2v) is 15.6. The van der Waals surface area contributed by atoms with Crippen LogP contribution >= 0.6 is 0 Å². The molecule has 0 saturated heterocycles. The van der Waals surface area contributed by atoms with Gasteiger partial charge in [-0.2, -0.15) is 0 Å². The van der Waals surface area contributed by atoms with Gasteiger partial charge in [0.15, 0.2) is 5.96 Å². The molecule has 0 unspecified atom stereocenters. The van der Waals surface area contributed by atoms with Crippen molar-refractivity contribution in [2.24, 2.45) is 57.3 Å². The normalized spacial score (nSPS) is 14.4. The molecule has 0 radical (unpaired) electrons. The van der Waals surface area contributed by atoms with Crippen molar-refractivity contribution < 1.29 is 38.4 Å². The highest BCUT2D eigenvalue weighted by molar-refractivity contribution is 5.96. The fourth-order valence-corrected chi connectivity index (χ4v) is 5.49. The van der Waals surface area contributed by atoms with Crippen LogP contribution in [0.2, 0.25) is 0 Å². The monoisotopic (exact) mass is 797 g/mol. The number of carbonyl (C=O) groups excluding carboxylic acids is 8. The van der Waals surface area contributed by atoms with Crippen molar-refractivity contribution >= 4 is 53.2 Å². The van der Waals surface area contributed by atoms with Gasteiger partial charge in [-0.15, -0.1) is 0 Å². The van der Waals surface area contributed by atoms with Crippen LogP contribution in [0.3, 0.4) is 0 Å². The molecular formula is C36H68N12O8. The summed E-state index contributed by atoms with van der Waals surface area (Å²) < 4.78 is 0. The Labute approximate surface area is 330 Å². The van der Waals surface area contributed by atoms with E-state index in [1.807, 2.05) is 41.5 Å². The lowest BCUT2D eigenvalue weighted by Gasteiger charge is -2.27. The number of aliphatic imine (C=N–C) groups is 1. The zero-order chi connectivity index (χ0) is 43.3. The molecule has 0 bridgehead atoms. The highest BCUT2D eigenvalue weighted by Gasteiger charge is 2.32. The molecule has 20 heteroatoms. The predicted molar refractivity (Wildman–Crippen MR) is 211 cm³/mol. The fourth-order valence-electron chi connectivity index (χ4n) is 5.49. The second kappa shape index (κ2) is 26.0. The van der Waals surface area contributed by atoms with E-state index in [4.69, 9.17) is 28.7 Å². The van der Waals surface area contributed by atoms with E-state index in [0.717, 1.165) is 0 Å². The van der Waals surface area contributed by atoms with E-state index in [9.17, 15) is 38.4 Å². The van der Waals surface area contributed by atoms with Crippen molar-refractivity contribution in [3.8, 4) is 0 Å². The Hall–Kier alpha value is -5.01. The van der Waals surface area contributed by atoms with Crippen LogP contribution in [0.15, 0.2) is 4.99 Å². The van der Waals surface area contributed by atoms with Crippen molar-refractivity contribution in [1.82, 2.24) is 31.9 Å². The van der Waals surface area contributed by atoms with Crippen LogP contribution in [0.1, 0.15) is 100 Å². The summed E-state index contributed by atoms with van der Waals surface area (Å²) in [5, 5.41) is 15.5. The SMILES string of the molecule is CC(C)C[C@H](NC(=O)CNC(=O)[C@H](CCC(N)=O)NC(=O)[C@H](CC(C)C)NC(=O)[C@H](CC(C)C)NC(=O)[C@@H](N)CCCN=C(N)N)C(=O)N[C@H](C(N)=O)C(C)C. The molecule has 0 fully saturated rings. The summed E-state index contributed by atoms with van der Waals surface area (Å²) in [7, 11) is 0. The number of primary amides is 2. The molecule has 56 heavy (non-hydrogen) atoms. The summed E-state index contributed by atoms with van der Waals surface area (Å²) in [6.45, 7) is 14.1. The molecule has 16 N–H and O–H groups in total. The smallest absolute Gasteiger partial charge is 0.243 e. The molecule has 0 aromatic carbocycles. The van der Waals surface area contributed by atoms with E-state index >= 15 is 0 Å². The summed E-state index contributed by atoms with van der Waals surface area (Å²) in [5.41, 5.74) is 27.5. The van der Waals surface area contributed by atoms with Gasteiger partial charge in [0.25, 0.3) is 0 Å². The van der Waals surface area contributed by atoms with Crippen molar-refractivity contribution in [2.75, 3.05) is 13.1 Å². The van der Waals surface area contributed by atoms with E-state index in [1.165, 1.54) is 0 Å². The Bertz CT molecular complexity index is 1370. The minimum atomic E-state index is -1.35. The zero-order valence-electron chi connectivity index (χ0n) is 34.2. The van der Waals surface area contributed by atoms with Crippen LogP contribution in [0.4, 0.5) is 0 Å². The average molecular weight is 797 g/mol. The quantitative estimate of drug-likeness (QED) is 0.0234. The molecule has 0 aliphatic rings. The van der Waals surface area contributed by atoms with E-state index in [0.29, 0.717) is 6.42 Å². The van der Waals surface area contributed by atoms with Gasteiger partial charge in [0, 0.05) is 13.0 Å². The molecule has 0 aromatic heterocycles. The molecule has 0 aliphatic heterocycles. The summed E-state index contributed by atoms with van der Waals surface area (Å²) in [6.07, 6.45) is 0.723. The van der Waals surface area contributed by atoms with Gasteiger partial charge in [0.05, 0.1) is 12.6 Å². The van der Waals surface area contributed by atoms with Crippen LogP contribution in [-0.4, -0.2) is 103 Å². The van der Waals surface area contributed by atoms with Crippen LogP contribution < -0.4 is 60.6 Å². The maximum atomic E-state index is 13.7. The van der Waals surface area contributed by atoms with Gasteiger partial charge >= 0.3 is 0 Å². The maximum absolute atomic E-state index is 13.7. The van der Waals surface area contributed by atoms with Crippen molar-refractivity contribution in [3.63, 3.8) is 0 Å². The Morgan fingerprint density at radius 1 is 0.554 bits per heavy atom. The average Bonchev–Trinajstić information content (AvgIpc) is 3.07. The molecular weight excluding hydrogens is 728 g/mol. The van der Waals surface area contributed by atoms with Crippen LogP contribution in [0.5, 0.6) is 0 Å². The lowest BCUT2D eigenvalue weighted by molar-refractivity contribution is -0.135. The molecule has 0 aromatic rings. The third-order valence-electron chi connectivity index (χ3n) is 8.35. The molecule has 6 atom stereocenters. The summed E-state index contributed by atoms with van der Waals surface area (Å²) >= 11 is 0. The Balaban J connectivity index is 5.92. The van der Waals surface area contributed by atoms with E-state index in [2.05, 4.69) is 36.9 Å². The number of nitrogens with two attached hydrogens (primary N) is 5. The van der Waals surface area contributed by atoms with Crippen molar-refractivity contribution in [3.05, 3.63) is 0 Å². The van der Waals surface area contributed by atoms with Crippen LogP contribution in [0, 0.1) is 23.7 Å². The number of nitrogens with one attached hydrogen (secondary N) is 6. The van der Waals surface area contributed by atoms with Gasteiger partial charge in [-0.25, -0.2) is 0 Å². The minimum Gasteiger partial charge on any atom is -0.370 e. The van der Waals surface area contributed by atoms with Crippen molar-refractivity contribution in [2.45, 2.75) is 137 Å². The van der Waals surface area contributed by atoms with Gasteiger partial charge in [0.1, 0.15) is 30.2 Å². The molecule has 0 aliphatic carbocycles. The summed E-state index contributed by atoms with van der Waals surface area (Å²) in [4.78, 5) is 107. The molecule has 8 amide bonds. The van der Waals surface area contributed by atoms with Crippen LogP contribution in [-0.2, 0) is 38.4 Å². The molecule has 0 spiro atoms. The number of carbonyl (C=O) groups is 8. The number of rotatable bonds is 27. The van der Waals surface area contributed by atoms with Gasteiger partial charge < -0.3 is 60.6 Å². The largest absolute Gasteiger partial charge is 0.370 e. The standard InChI is InChI=1S/C36H68N12O8/c1-18(2)14-24(35(56)48-29(21(7)8)30(39)51)44-28(50)17-43-32(53)23(11-12-27(38)49)45-33(54)26(16-20(5)6)47-34(55)25(15-19(3)4)46-31(52)22(37)10-9-13-42-36(40)41/h18-26,29H,9-17,37H2,1-8H3,(H2,38,49)(H2,39,51)(H,43,53)(H,44,50)(H,45,54)(H,46,52)(H,47,55)(H,48,56)(H4,40,41,42)/t22-,23-,24-,25-,26-,29-/m0/s1. The number of amides is 8. The highest BCUT2D eigenvalue weighted by Crippen LogP contribution is 2.11. The Kier molecular flexibility index (Phi) is 23.6. The first-order chi connectivity index (χ1) is 25.9. The summed E-state index contributed by atoms with van der Waals surface area (Å²) in [6, 6.07) is -6.54. The first-order valence-electron chi connectivity index (χ1n) is 19.1. The molecule has 320 valence electrons. The van der Waals surface area contributed by atoms with Gasteiger partial charge in [-0.3, -0.25) is 43.3 Å². The minimum absolute atomic E-state index is 0.0391. The van der Waals surface area contributed by atoms with Gasteiger partial charge in [-0.1, -0.05) is 55.4 Å². The number of guanidine groups is 1. The van der Waals surface area contributed by atoms with E-state index in [-0.39, 0.29) is 74.7 Å². The van der Waals surface area contributed by atoms with Crippen molar-refractivity contribution in [1.29, 1.82) is 0 Å². The number of hydrogen-bond acceptors (Lipinski definition) is 10. The highest BCUT2D eigenvalue weighted by atomic mass is 16.2. The fraction of sp³-hybridized carbons (Fsp3) is 0.750. The first kappa shape index (κ1) is 51.0. The van der Waals surface area contributed by atoms with Crippen LogP contribution in [0.25, 0.3) is 0 Å².